The molecule has 0 bridgehead atoms. The van der Waals surface area contributed by atoms with Gasteiger partial charge in [0, 0.05) is 27.2 Å². The van der Waals surface area contributed by atoms with Crippen LogP contribution in [0.5, 0.6) is 0 Å². The van der Waals surface area contributed by atoms with Crippen LogP contribution in [0, 0.1) is 6.92 Å². The van der Waals surface area contributed by atoms with E-state index < -0.39 is 0 Å². The Bertz CT molecular complexity index is 1250. The molecule has 0 N–H and O–H groups in total. The van der Waals surface area contributed by atoms with Gasteiger partial charge in [0.1, 0.15) is 17.3 Å². The number of hydrogen-bond acceptors (Lipinski definition) is 3. The van der Waals surface area contributed by atoms with E-state index in [4.69, 9.17) is 44.2 Å². The summed E-state index contributed by atoms with van der Waals surface area (Å²) in [6.45, 7) is 2.01. The lowest BCUT2D eigenvalue weighted by Gasteiger charge is -2.18. The van der Waals surface area contributed by atoms with E-state index in [1.54, 1.807) is 6.07 Å². The molecule has 5 rings (SSSR count). The van der Waals surface area contributed by atoms with Crippen LogP contribution in [0.3, 0.4) is 0 Å². The van der Waals surface area contributed by atoms with Gasteiger partial charge in [0.15, 0.2) is 0 Å². The predicted molar refractivity (Wildman–Crippen MR) is 130 cm³/mol. The first kappa shape index (κ1) is 21.6. The number of imidazole rings is 1. The SMILES string of the molecule is Cc1c(-c2ncc(C3CCCCC3)o2)nc(-c2ccc(Cl)cc2Cl)n1-c1ccc(Cl)cc1. The molecule has 4 nitrogen and oxygen atoms in total. The van der Waals surface area contributed by atoms with Crippen LogP contribution in [0.15, 0.2) is 53.1 Å². The van der Waals surface area contributed by atoms with E-state index >= 15 is 0 Å². The average molecular weight is 487 g/mol. The van der Waals surface area contributed by atoms with Gasteiger partial charge in [-0.3, -0.25) is 4.57 Å². The van der Waals surface area contributed by atoms with Crippen LogP contribution in [-0.2, 0) is 0 Å². The third-order valence-electron chi connectivity index (χ3n) is 6.10. The summed E-state index contributed by atoms with van der Waals surface area (Å²) >= 11 is 18.8. The number of benzene rings is 2. The molecule has 164 valence electrons. The van der Waals surface area contributed by atoms with Gasteiger partial charge in [-0.15, -0.1) is 0 Å². The molecule has 1 aliphatic carbocycles. The van der Waals surface area contributed by atoms with Gasteiger partial charge in [0.2, 0.25) is 5.89 Å². The van der Waals surface area contributed by atoms with Crippen molar-refractivity contribution >= 4 is 34.8 Å². The quantitative estimate of drug-likeness (QED) is 0.290. The zero-order chi connectivity index (χ0) is 22.2. The molecule has 1 saturated carbocycles. The summed E-state index contributed by atoms with van der Waals surface area (Å²) < 4.78 is 8.28. The third-order valence-corrected chi connectivity index (χ3v) is 6.90. The van der Waals surface area contributed by atoms with Gasteiger partial charge in [0.25, 0.3) is 0 Å². The van der Waals surface area contributed by atoms with Crippen LogP contribution in [0.25, 0.3) is 28.7 Å². The Morgan fingerprint density at radius 1 is 0.938 bits per heavy atom. The van der Waals surface area contributed by atoms with Crippen molar-refractivity contribution in [2.45, 2.75) is 44.9 Å². The maximum Gasteiger partial charge on any atom is 0.247 e. The molecular weight excluding hydrogens is 465 g/mol. The second-order valence-corrected chi connectivity index (χ2v) is 9.49. The molecule has 0 atom stereocenters. The van der Waals surface area contributed by atoms with Crippen molar-refractivity contribution in [3.05, 3.63) is 75.2 Å². The van der Waals surface area contributed by atoms with Gasteiger partial charge in [0.05, 0.1) is 16.9 Å². The average Bonchev–Trinajstić information content (AvgIpc) is 3.40. The fraction of sp³-hybridized carbons (Fsp3) is 0.280. The Labute approximate surface area is 202 Å². The summed E-state index contributed by atoms with van der Waals surface area (Å²) in [5, 5.41) is 1.77. The summed E-state index contributed by atoms with van der Waals surface area (Å²) in [5.41, 5.74) is 3.30. The molecule has 32 heavy (non-hydrogen) atoms. The monoisotopic (exact) mass is 485 g/mol. The van der Waals surface area contributed by atoms with Crippen LogP contribution in [0.2, 0.25) is 15.1 Å². The number of halogens is 3. The van der Waals surface area contributed by atoms with Crippen LogP contribution in [0.4, 0.5) is 0 Å². The number of nitrogens with zero attached hydrogens (tertiary/aromatic N) is 3. The zero-order valence-corrected chi connectivity index (χ0v) is 19.9. The molecule has 0 radical (unpaired) electrons. The van der Waals surface area contributed by atoms with E-state index in [1.165, 1.54) is 19.3 Å². The highest BCUT2D eigenvalue weighted by Crippen LogP contribution is 2.38. The van der Waals surface area contributed by atoms with Gasteiger partial charge < -0.3 is 4.42 Å². The maximum absolute atomic E-state index is 6.56. The molecule has 2 aromatic carbocycles. The standard InChI is InChI=1S/C25H22Cl3N3O/c1-15-23(25-29-14-22(32-25)16-5-3-2-4-6-16)30-24(20-12-9-18(27)13-21(20)28)31(15)19-10-7-17(26)8-11-19/h7-14,16H,2-6H2,1H3. The summed E-state index contributed by atoms with van der Waals surface area (Å²) in [5.74, 6) is 2.61. The Morgan fingerprint density at radius 2 is 1.66 bits per heavy atom. The first-order chi connectivity index (χ1) is 15.5. The first-order valence-electron chi connectivity index (χ1n) is 10.8. The predicted octanol–water partition coefficient (Wildman–Crippen LogP) is 8.51. The highest BCUT2D eigenvalue weighted by molar-refractivity contribution is 6.36. The fourth-order valence-corrected chi connectivity index (χ4v) is 5.05. The third kappa shape index (κ3) is 4.07. The summed E-state index contributed by atoms with van der Waals surface area (Å²) in [7, 11) is 0. The number of hydrogen-bond donors (Lipinski definition) is 0. The van der Waals surface area contributed by atoms with Crippen LogP contribution in [-0.4, -0.2) is 14.5 Å². The Kier molecular flexibility index (Phi) is 6.02. The lowest BCUT2D eigenvalue weighted by molar-refractivity contribution is 0.378. The number of rotatable bonds is 4. The summed E-state index contributed by atoms with van der Waals surface area (Å²) in [4.78, 5) is 9.54. The normalized spacial score (nSPS) is 14.8. The van der Waals surface area contributed by atoms with Gasteiger partial charge in [-0.05, 0) is 62.2 Å². The zero-order valence-electron chi connectivity index (χ0n) is 17.6. The van der Waals surface area contributed by atoms with E-state index in [-0.39, 0.29) is 0 Å². The Balaban J connectivity index is 1.64. The lowest BCUT2D eigenvalue weighted by atomic mass is 9.88. The molecule has 2 aromatic heterocycles. The van der Waals surface area contributed by atoms with Crippen molar-refractivity contribution in [3.8, 4) is 28.7 Å². The maximum atomic E-state index is 6.56. The molecule has 0 amide bonds. The van der Waals surface area contributed by atoms with E-state index in [0.717, 1.165) is 35.5 Å². The molecule has 1 aliphatic rings. The van der Waals surface area contributed by atoms with Crippen LogP contribution < -0.4 is 0 Å². The molecule has 7 heteroatoms. The minimum absolute atomic E-state index is 0.439. The molecule has 2 heterocycles. The summed E-state index contributed by atoms with van der Waals surface area (Å²) in [6.07, 6.45) is 7.94. The van der Waals surface area contributed by atoms with Crippen molar-refractivity contribution in [3.63, 3.8) is 0 Å². The Morgan fingerprint density at radius 3 is 2.38 bits per heavy atom. The van der Waals surface area contributed by atoms with Crippen LogP contribution in [0.1, 0.15) is 49.5 Å². The van der Waals surface area contributed by atoms with Gasteiger partial charge in [-0.25, -0.2) is 9.97 Å². The van der Waals surface area contributed by atoms with Crippen molar-refractivity contribution in [1.82, 2.24) is 14.5 Å². The van der Waals surface area contributed by atoms with Crippen molar-refractivity contribution in [2.75, 3.05) is 0 Å². The number of aromatic nitrogens is 3. The van der Waals surface area contributed by atoms with E-state index in [1.807, 2.05) is 54.1 Å². The minimum Gasteiger partial charge on any atom is -0.440 e. The molecule has 4 aromatic rings. The topological polar surface area (TPSA) is 43.9 Å². The molecule has 0 saturated heterocycles. The second-order valence-electron chi connectivity index (χ2n) is 8.21. The van der Waals surface area contributed by atoms with Crippen molar-refractivity contribution in [2.24, 2.45) is 0 Å². The highest BCUT2D eigenvalue weighted by atomic mass is 35.5. The second kappa shape index (κ2) is 8.93. The van der Waals surface area contributed by atoms with Crippen molar-refractivity contribution < 1.29 is 4.42 Å². The van der Waals surface area contributed by atoms with E-state index in [2.05, 4.69) is 4.98 Å². The molecule has 1 fully saturated rings. The van der Waals surface area contributed by atoms with E-state index in [0.29, 0.717) is 38.4 Å². The largest absolute Gasteiger partial charge is 0.440 e. The molecule has 0 aliphatic heterocycles. The van der Waals surface area contributed by atoms with Gasteiger partial charge in [-0.2, -0.15) is 0 Å². The number of oxazole rings is 1. The molecular formula is C25H22Cl3N3O. The van der Waals surface area contributed by atoms with Gasteiger partial charge in [-0.1, -0.05) is 54.1 Å². The molecule has 0 spiro atoms. The van der Waals surface area contributed by atoms with Crippen LogP contribution >= 0.6 is 34.8 Å². The summed E-state index contributed by atoms with van der Waals surface area (Å²) in [6, 6.07) is 13.0. The van der Waals surface area contributed by atoms with Crippen molar-refractivity contribution in [1.29, 1.82) is 0 Å². The van der Waals surface area contributed by atoms with E-state index in [9.17, 15) is 0 Å². The highest BCUT2D eigenvalue weighted by Gasteiger charge is 2.25. The smallest absolute Gasteiger partial charge is 0.247 e. The lowest BCUT2D eigenvalue weighted by Crippen LogP contribution is -2.02. The minimum atomic E-state index is 0.439. The Hall–Kier alpha value is -2.27. The van der Waals surface area contributed by atoms with Gasteiger partial charge >= 0.3 is 0 Å². The molecule has 0 unspecified atom stereocenters. The first-order valence-corrected chi connectivity index (χ1v) is 11.9. The fourth-order valence-electron chi connectivity index (χ4n) is 4.43.